The van der Waals surface area contributed by atoms with Gasteiger partial charge in [-0.25, -0.2) is 0 Å². The van der Waals surface area contributed by atoms with E-state index in [4.69, 9.17) is 10.0 Å². The van der Waals surface area contributed by atoms with Crippen LogP contribution >= 0.6 is 0 Å². The molecule has 0 unspecified atom stereocenters. The molecule has 0 saturated carbocycles. The van der Waals surface area contributed by atoms with Crippen LogP contribution in [0.4, 0.5) is 0 Å². The summed E-state index contributed by atoms with van der Waals surface area (Å²) in [6.07, 6.45) is 1.67. The number of hydrogen-bond donors (Lipinski definition) is 2. The number of aryl methyl sites for hydroxylation is 1. The minimum Gasteiger partial charge on any atom is -0.423 e. The van der Waals surface area contributed by atoms with E-state index >= 15 is 0 Å². The van der Waals surface area contributed by atoms with E-state index < -0.39 is 7.12 Å². The first-order valence-electron chi connectivity index (χ1n) is 4.40. The van der Waals surface area contributed by atoms with Crippen molar-refractivity contribution in [3.8, 4) is 0 Å². The first kappa shape index (κ1) is 9.18. The Morgan fingerprint density at radius 2 is 2.07 bits per heavy atom. The summed E-state index contributed by atoms with van der Waals surface area (Å²) < 4.78 is 0. The second-order valence-corrected chi connectivity index (χ2v) is 3.27. The summed E-state index contributed by atoms with van der Waals surface area (Å²) in [5, 5.41) is 20.0. The van der Waals surface area contributed by atoms with Crippen LogP contribution in [0, 0.1) is 6.92 Å². The van der Waals surface area contributed by atoms with E-state index in [1.807, 2.05) is 19.1 Å². The second-order valence-electron chi connectivity index (χ2n) is 3.27. The highest BCUT2D eigenvalue weighted by molar-refractivity contribution is 6.61. The van der Waals surface area contributed by atoms with E-state index in [-0.39, 0.29) is 0 Å². The van der Waals surface area contributed by atoms with Crippen molar-refractivity contribution in [2.45, 2.75) is 6.92 Å². The van der Waals surface area contributed by atoms with Gasteiger partial charge >= 0.3 is 7.12 Å². The highest BCUT2D eigenvalue weighted by Gasteiger charge is 2.13. The Morgan fingerprint density at radius 3 is 2.79 bits per heavy atom. The zero-order chi connectivity index (χ0) is 10.1. The molecule has 0 saturated heterocycles. The Labute approximate surface area is 82.2 Å². The molecule has 0 bridgehead atoms. The Bertz CT molecular complexity index is 471. The molecule has 0 aliphatic rings. The van der Waals surface area contributed by atoms with Gasteiger partial charge in [0.2, 0.25) is 0 Å². The van der Waals surface area contributed by atoms with Crippen molar-refractivity contribution in [1.29, 1.82) is 0 Å². The number of rotatable bonds is 1. The van der Waals surface area contributed by atoms with Crippen molar-refractivity contribution >= 4 is 23.4 Å². The SMILES string of the molecule is Cc1cc2cccc(B(O)O)c2cn1. The molecule has 2 N–H and O–H groups in total. The quantitative estimate of drug-likeness (QED) is 0.628. The van der Waals surface area contributed by atoms with Gasteiger partial charge in [0.1, 0.15) is 0 Å². The minimum absolute atomic E-state index is 0.495. The lowest BCUT2D eigenvalue weighted by molar-refractivity contribution is 0.426. The summed E-state index contributed by atoms with van der Waals surface area (Å²) in [5.74, 6) is 0. The topological polar surface area (TPSA) is 53.4 Å². The van der Waals surface area contributed by atoms with Gasteiger partial charge in [-0.05, 0) is 29.2 Å². The first-order chi connectivity index (χ1) is 6.68. The van der Waals surface area contributed by atoms with E-state index in [0.717, 1.165) is 16.5 Å². The van der Waals surface area contributed by atoms with Gasteiger partial charge in [-0.2, -0.15) is 0 Å². The number of nitrogens with zero attached hydrogens (tertiary/aromatic N) is 1. The molecule has 0 radical (unpaired) electrons. The molecular formula is C10H10BNO2. The normalized spacial score (nSPS) is 10.5. The molecule has 1 heterocycles. The van der Waals surface area contributed by atoms with Crippen molar-refractivity contribution in [3.05, 3.63) is 36.2 Å². The van der Waals surface area contributed by atoms with Crippen LogP contribution in [0.3, 0.4) is 0 Å². The molecule has 0 spiro atoms. The first-order valence-corrected chi connectivity index (χ1v) is 4.40. The molecule has 0 aliphatic heterocycles. The fraction of sp³-hybridized carbons (Fsp3) is 0.100. The van der Waals surface area contributed by atoms with Crippen LogP contribution in [0.2, 0.25) is 0 Å². The lowest BCUT2D eigenvalue weighted by Gasteiger charge is -2.05. The Balaban J connectivity index is 2.75. The van der Waals surface area contributed by atoms with Crippen molar-refractivity contribution in [2.24, 2.45) is 0 Å². The van der Waals surface area contributed by atoms with Gasteiger partial charge in [0.05, 0.1) is 0 Å². The zero-order valence-electron chi connectivity index (χ0n) is 7.81. The number of pyridine rings is 1. The number of fused-ring (bicyclic) bond motifs is 1. The third-order valence-corrected chi connectivity index (χ3v) is 2.21. The predicted molar refractivity (Wildman–Crippen MR) is 56.3 cm³/mol. The van der Waals surface area contributed by atoms with Crippen molar-refractivity contribution in [2.75, 3.05) is 0 Å². The lowest BCUT2D eigenvalue weighted by Crippen LogP contribution is -2.30. The maximum absolute atomic E-state index is 9.12. The summed E-state index contributed by atoms with van der Waals surface area (Å²) in [6.45, 7) is 1.90. The molecule has 3 nitrogen and oxygen atoms in total. The van der Waals surface area contributed by atoms with Crippen LogP contribution in [0.15, 0.2) is 30.5 Å². The van der Waals surface area contributed by atoms with E-state index in [0.29, 0.717) is 5.46 Å². The summed E-state index contributed by atoms with van der Waals surface area (Å²) >= 11 is 0. The maximum Gasteiger partial charge on any atom is 0.489 e. The average molecular weight is 187 g/mol. The van der Waals surface area contributed by atoms with Crippen molar-refractivity contribution in [3.63, 3.8) is 0 Å². The molecule has 14 heavy (non-hydrogen) atoms. The lowest BCUT2D eigenvalue weighted by atomic mass is 9.77. The van der Waals surface area contributed by atoms with Crippen LogP contribution in [-0.2, 0) is 0 Å². The monoisotopic (exact) mass is 187 g/mol. The van der Waals surface area contributed by atoms with Crippen LogP contribution in [0.1, 0.15) is 5.69 Å². The fourth-order valence-corrected chi connectivity index (χ4v) is 1.53. The van der Waals surface area contributed by atoms with Crippen molar-refractivity contribution in [1.82, 2.24) is 4.98 Å². The molecule has 4 heteroatoms. The molecule has 0 atom stereocenters. The van der Waals surface area contributed by atoms with Gasteiger partial charge in [0, 0.05) is 11.9 Å². The van der Waals surface area contributed by atoms with Gasteiger partial charge in [0.25, 0.3) is 0 Å². The third-order valence-electron chi connectivity index (χ3n) is 2.21. The van der Waals surface area contributed by atoms with Crippen LogP contribution < -0.4 is 5.46 Å². The average Bonchev–Trinajstić information content (AvgIpc) is 2.16. The van der Waals surface area contributed by atoms with Crippen molar-refractivity contribution < 1.29 is 10.0 Å². The molecule has 0 aliphatic carbocycles. The number of aromatic nitrogens is 1. The standard InChI is InChI=1S/C10H10BNO2/c1-7-5-8-3-2-4-10(11(13)14)9(8)6-12-7/h2-6,13-14H,1H3. The molecule has 1 aromatic carbocycles. The third kappa shape index (κ3) is 1.50. The Morgan fingerprint density at radius 1 is 1.29 bits per heavy atom. The summed E-state index contributed by atoms with van der Waals surface area (Å²) in [4.78, 5) is 4.13. The van der Waals surface area contributed by atoms with Gasteiger partial charge in [-0.3, -0.25) is 4.98 Å². The van der Waals surface area contributed by atoms with Gasteiger partial charge in [0.15, 0.2) is 0 Å². The minimum atomic E-state index is -1.44. The van der Waals surface area contributed by atoms with E-state index in [2.05, 4.69) is 4.98 Å². The van der Waals surface area contributed by atoms with Crippen LogP contribution in [-0.4, -0.2) is 22.2 Å². The summed E-state index contributed by atoms with van der Waals surface area (Å²) in [6, 6.07) is 7.33. The summed E-state index contributed by atoms with van der Waals surface area (Å²) in [7, 11) is -1.44. The zero-order valence-corrected chi connectivity index (χ0v) is 7.81. The molecule has 0 amide bonds. The van der Waals surface area contributed by atoms with E-state index in [9.17, 15) is 0 Å². The number of benzene rings is 1. The molecular weight excluding hydrogens is 177 g/mol. The van der Waals surface area contributed by atoms with Crippen LogP contribution in [0.25, 0.3) is 10.8 Å². The molecule has 1 aromatic heterocycles. The predicted octanol–water partition coefficient (Wildman–Crippen LogP) is 0.223. The molecule has 70 valence electrons. The number of hydrogen-bond acceptors (Lipinski definition) is 3. The second kappa shape index (κ2) is 3.40. The highest BCUT2D eigenvalue weighted by atomic mass is 16.4. The van der Waals surface area contributed by atoms with E-state index in [1.165, 1.54) is 0 Å². The fourth-order valence-electron chi connectivity index (χ4n) is 1.53. The van der Waals surface area contributed by atoms with E-state index in [1.54, 1.807) is 18.3 Å². The van der Waals surface area contributed by atoms with Crippen LogP contribution in [0.5, 0.6) is 0 Å². The highest BCUT2D eigenvalue weighted by Crippen LogP contribution is 2.11. The molecule has 0 fully saturated rings. The molecule has 2 rings (SSSR count). The largest absolute Gasteiger partial charge is 0.489 e. The maximum atomic E-state index is 9.12. The van der Waals surface area contributed by atoms with Gasteiger partial charge in [-0.15, -0.1) is 0 Å². The molecule has 2 aromatic rings. The Kier molecular flexibility index (Phi) is 2.23. The summed E-state index contributed by atoms with van der Waals surface area (Å²) in [5.41, 5.74) is 1.41. The smallest absolute Gasteiger partial charge is 0.423 e. The van der Waals surface area contributed by atoms with Gasteiger partial charge < -0.3 is 10.0 Å². The Hall–Kier alpha value is -1.39. The van der Waals surface area contributed by atoms with Gasteiger partial charge in [-0.1, -0.05) is 18.2 Å².